The highest BCUT2D eigenvalue weighted by molar-refractivity contribution is 5.78. The molecule has 27 heavy (non-hydrogen) atoms. The molecule has 3 rings (SSSR count). The predicted octanol–water partition coefficient (Wildman–Crippen LogP) is 4.45. The van der Waals surface area contributed by atoms with Gasteiger partial charge in [0.1, 0.15) is 11.5 Å². The van der Waals surface area contributed by atoms with E-state index in [0.29, 0.717) is 5.75 Å². The summed E-state index contributed by atoms with van der Waals surface area (Å²) in [6.07, 6.45) is 0.877. The minimum Gasteiger partial charge on any atom is -0.508 e. The van der Waals surface area contributed by atoms with Crippen LogP contribution >= 0.6 is 0 Å². The molecule has 0 saturated heterocycles. The van der Waals surface area contributed by atoms with Crippen LogP contribution < -0.4 is 10.3 Å². The fraction of sp³-hybridized carbons (Fsp3) is 0.455. The van der Waals surface area contributed by atoms with Crippen molar-refractivity contribution >= 4 is 11.4 Å². The number of hydrogen-bond donors (Lipinski definition) is 3. The summed E-state index contributed by atoms with van der Waals surface area (Å²) in [7, 11) is 3.99. The highest BCUT2D eigenvalue weighted by Gasteiger charge is 2.42. The first-order valence-corrected chi connectivity index (χ1v) is 9.40. The lowest BCUT2D eigenvalue weighted by atomic mass is 9.79. The highest BCUT2D eigenvalue weighted by atomic mass is 16.3. The molecule has 0 spiro atoms. The molecule has 1 atom stereocenters. The van der Waals surface area contributed by atoms with Crippen LogP contribution in [0, 0.1) is 20.8 Å². The van der Waals surface area contributed by atoms with Gasteiger partial charge in [0.05, 0.1) is 11.7 Å². The molecule has 0 aliphatic carbocycles. The number of anilines is 2. The van der Waals surface area contributed by atoms with Crippen LogP contribution in [0.2, 0.25) is 0 Å². The third kappa shape index (κ3) is 3.26. The largest absolute Gasteiger partial charge is 0.508 e. The third-order valence-electron chi connectivity index (χ3n) is 5.69. The fourth-order valence-electron chi connectivity index (χ4n) is 4.36. The number of nitrogens with zero attached hydrogens (tertiary/aromatic N) is 2. The number of phenolic OH excluding ortho intramolecular Hbond substituents is 2. The Kier molecular flexibility index (Phi) is 4.87. The molecular formula is C22H31N3O2. The molecular weight excluding hydrogens is 338 g/mol. The van der Waals surface area contributed by atoms with Crippen LogP contribution in [0.15, 0.2) is 24.3 Å². The van der Waals surface area contributed by atoms with Gasteiger partial charge in [-0.05, 0) is 82.0 Å². The molecule has 146 valence electrons. The zero-order valence-electron chi connectivity index (χ0n) is 17.4. The smallest absolute Gasteiger partial charge is 0.122 e. The van der Waals surface area contributed by atoms with Crippen molar-refractivity contribution in [2.24, 2.45) is 0 Å². The van der Waals surface area contributed by atoms with E-state index in [4.69, 9.17) is 0 Å². The van der Waals surface area contributed by atoms with E-state index in [-0.39, 0.29) is 17.3 Å². The second-order valence-electron chi connectivity index (χ2n) is 8.43. The van der Waals surface area contributed by atoms with E-state index in [9.17, 15) is 10.2 Å². The lowest BCUT2D eigenvalue weighted by molar-refractivity contribution is 0.208. The molecule has 2 aromatic rings. The predicted molar refractivity (Wildman–Crippen MR) is 111 cm³/mol. The van der Waals surface area contributed by atoms with E-state index in [1.165, 1.54) is 0 Å². The van der Waals surface area contributed by atoms with Crippen molar-refractivity contribution < 1.29 is 10.2 Å². The van der Waals surface area contributed by atoms with Gasteiger partial charge in [0.25, 0.3) is 0 Å². The number of nitrogens with one attached hydrogen (secondary N) is 1. The van der Waals surface area contributed by atoms with E-state index in [1.54, 1.807) is 12.1 Å². The summed E-state index contributed by atoms with van der Waals surface area (Å²) in [4.78, 5) is 2.35. The van der Waals surface area contributed by atoms with Crippen LogP contribution in [-0.4, -0.2) is 34.9 Å². The topological polar surface area (TPSA) is 59.0 Å². The summed E-state index contributed by atoms with van der Waals surface area (Å²) in [6.45, 7) is 10.5. The summed E-state index contributed by atoms with van der Waals surface area (Å²) >= 11 is 0. The molecule has 0 fully saturated rings. The standard InChI is InChI=1S/C22H31N3O2/c1-13-14(2)21(27)15(3)19-18(23-24(6)7)12-22(4,5)25(20(13)19)16-8-10-17(26)11-9-16/h8-11,18,23,26-27H,12H2,1-7H3. The van der Waals surface area contributed by atoms with Crippen molar-refractivity contribution in [3.05, 3.63) is 46.5 Å². The number of fused-ring (bicyclic) bond motifs is 1. The maximum atomic E-state index is 10.7. The fourth-order valence-corrected chi connectivity index (χ4v) is 4.36. The van der Waals surface area contributed by atoms with E-state index in [1.807, 2.05) is 45.1 Å². The Morgan fingerprint density at radius 1 is 1.00 bits per heavy atom. The molecule has 0 aromatic heterocycles. The summed E-state index contributed by atoms with van der Waals surface area (Å²) < 4.78 is 0. The number of aromatic hydroxyl groups is 2. The van der Waals surface area contributed by atoms with Crippen molar-refractivity contribution in [3.8, 4) is 11.5 Å². The molecule has 0 bridgehead atoms. The number of rotatable bonds is 3. The van der Waals surface area contributed by atoms with Crippen LogP contribution in [0.25, 0.3) is 0 Å². The molecule has 0 amide bonds. The van der Waals surface area contributed by atoms with Crippen molar-refractivity contribution in [1.29, 1.82) is 0 Å². The first-order chi connectivity index (χ1) is 12.5. The van der Waals surface area contributed by atoms with Gasteiger partial charge in [0.15, 0.2) is 0 Å². The normalized spacial score (nSPS) is 18.7. The lowest BCUT2D eigenvalue weighted by Gasteiger charge is -2.50. The molecule has 0 saturated carbocycles. The van der Waals surface area contributed by atoms with Gasteiger partial charge in [-0.25, -0.2) is 5.43 Å². The second kappa shape index (κ2) is 6.73. The molecule has 1 heterocycles. The monoisotopic (exact) mass is 369 g/mol. The van der Waals surface area contributed by atoms with Crippen molar-refractivity contribution in [2.75, 3.05) is 19.0 Å². The Morgan fingerprint density at radius 3 is 2.15 bits per heavy atom. The Labute approximate surface area is 162 Å². The maximum absolute atomic E-state index is 10.7. The van der Waals surface area contributed by atoms with E-state index in [2.05, 4.69) is 31.1 Å². The summed E-state index contributed by atoms with van der Waals surface area (Å²) in [5.74, 6) is 0.637. The van der Waals surface area contributed by atoms with E-state index >= 15 is 0 Å². The molecule has 3 N–H and O–H groups in total. The maximum Gasteiger partial charge on any atom is 0.122 e. The Hall–Kier alpha value is -2.24. The summed E-state index contributed by atoms with van der Waals surface area (Å²) in [5.41, 5.74) is 9.62. The van der Waals surface area contributed by atoms with Crippen molar-refractivity contribution in [1.82, 2.24) is 10.4 Å². The quantitative estimate of drug-likeness (QED) is 0.698. The molecule has 0 radical (unpaired) electrons. The van der Waals surface area contributed by atoms with Crippen LogP contribution in [0.1, 0.15) is 48.6 Å². The molecule has 5 nitrogen and oxygen atoms in total. The molecule has 2 aromatic carbocycles. The summed E-state index contributed by atoms with van der Waals surface area (Å²) in [5, 5.41) is 22.4. The van der Waals surface area contributed by atoms with E-state index < -0.39 is 0 Å². The number of benzene rings is 2. The minimum absolute atomic E-state index is 0.101. The van der Waals surface area contributed by atoms with Gasteiger partial charge < -0.3 is 15.1 Å². The minimum atomic E-state index is -0.155. The molecule has 1 unspecified atom stereocenters. The first kappa shape index (κ1) is 19.5. The Bertz CT molecular complexity index is 857. The van der Waals surface area contributed by atoms with Crippen LogP contribution in [0.5, 0.6) is 11.5 Å². The molecule has 1 aliphatic rings. The molecule has 5 heteroatoms. The Balaban J connectivity index is 2.32. The second-order valence-corrected chi connectivity index (χ2v) is 8.43. The first-order valence-electron chi connectivity index (χ1n) is 9.40. The summed E-state index contributed by atoms with van der Waals surface area (Å²) in [6, 6.07) is 7.47. The zero-order valence-corrected chi connectivity index (χ0v) is 17.4. The van der Waals surface area contributed by atoms with Crippen LogP contribution in [0.4, 0.5) is 11.4 Å². The Morgan fingerprint density at radius 2 is 1.59 bits per heavy atom. The number of phenols is 2. The lowest BCUT2D eigenvalue weighted by Crippen LogP contribution is -2.50. The van der Waals surface area contributed by atoms with E-state index in [0.717, 1.165) is 40.0 Å². The van der Waals surface area contributed by atoms with Gasteiger partial charge in [-0.3, -0.25) is 5.01 Å². The SMILES string of the molecule is Cc1c(C)c2c(c(C)c1O)C(NN(C)C)CC(C)(C)N2c1ccc(O)cc1. The zero-order chi connectivity index (χ0) is 20.1. The number of hydrogen-bond acceptors (Lipinski definition) is 5. The highest BCUT2D eigenvalue weighted by Crippen LogP contribution is 2.52. The third-order valence-corrected chi connectivity index (χ3v) is 5.69. The van der Waals surface area contributed by atoms with Gasteiger partial charge in [0.2, 0.25) is 0 Å². The van der Waals surface area contributed by atoms with Gasteiger partial charge >= 0.3 is 0 Å². The van der Waals surface area contributed by atoms with Gasteiger partial charge in [-0.15, -0.1) is 0 Å². The van der Waals surface area contributed by atoms with Gasteiger partial charge in [-0.2, -0.15) is 0 Å². The average molecular weight is 370 g/mol. The van der Waals surface area contributed by atoms with Crippen LogP contribution in [-0.2, 0) is 0 Å². The average Bonchev–Trinajstić information content (AvgIpc) is 2.57. The van der Waals surface area contributed by atoms with Gasteiger partial charge in [-0.1, -0.05) is 0 Å². The van der Waals surface area contributed by atoms with Crippen molar-refractivity contribution in [2.45, 2.75) is 52.6 Å². The van der Waals surface area contributed by atoms with Gasteiger partial charge in [0, 0.05) is 30.9 Å². The van der Waals surface area contributed by atoms with Crippen LogP contribution in [0.3, 0.4) is 0 Å². The number of hydrazine groups is 1. The molecule has 1 aliphatic heterocycles. The van der Waals surface area contributed by atoms with Crippen molar-refractivity contribution in [3.63, 3.8) is 0 Å².